The van der Waals surface area contributed by atoms with Crippen LogP contribution in [0.25, 0.3) is 0 Å². The second-order valence-electron chi connectivity index (χ2n) is 11.1. The fourth-order valence-electron chi connectivity index (χ4n) is 5.55. The maximum Gasteiger partial charge on any atom is 0.408 e. The minimum absolute atomic E-state index is 0.0607. The molecule has 1 saturated heterocycles. The van der Waals surface area contributed by atoms with Crippen LogP contribution in [0.2, 0.25) is 0 Å². The van der Waals surface area contributed by atoms with E-state index in [1.54, 1.807) is 0 Å². The summed E-state index contributed by atoms with van der Waals surface area (Å²) in [6.07, 6.45) is 10.1. The van der Waals surface area contributed by atoms with E-state index >= 15 is 0 Å². The van der Waals surface area contributed by atoms with Gasteiger partial charge in [0.2, 0.25) is 21.8 Å². The third-order valence-electron chi connectivity index (χ3n) is 8.02. The Bertz CT molecular complexity index is 1070. The molecule has 4 atom stereocenters. The van der Waals surface area contributed by atoms with Crippen molar-refractivity contribution >= 4 is 33.8 Å². The molecule has 4 aliphatic rings. The van der Waals surface area contributed by atoms with Crippen LogP contribution < -0.4 is 15.4 Å². The van der Waals surface area contributed by atoms with E-state index in [1.165, 1.54) is 4.90 Å². The van der Waals surface area contributed by atoms with Gasteiger partial charge in [-0.05, 0) is 70.6 Å². The van der Waals surface area contributed by atoms with Gasteiger partial charge in [0.25, 0.3) is 5.91 Å². The molecule has 2 saturated carbocycles. The van der Waals surface area contributed by atoms with Crippen LogP contribution in [0.1, 0.15) is 77.6 Å². The predicted octanol–water partition coefficient (Wildman–Crippen LogP) is 1.50. The number of nitrogens with zero attached hydrogens (tertiary/aromatic N) is 1. The summed E-state index contributed by atoms with van der Waals surface area (Å²) in [5, 5.41) is 4.82. The molecule has 4 amide bonds. The molecular weight excluding hydrogens is 540 g/mol. The van der Waals surface area contributed by atoms with Crippen LogP contribution >= 0.6 is 0 Å². The molecule has 224 valence electrons. The van der Waals surface area contributed by atoms with E-state index in [9.17, 15) is 27.6 Å². The van der Waals surface area contributed by atoms with Crippen molar-refractivity contribution in [3.05, 3.63) is 12.2 Å². The van der Waals surface area contributed by atoms with Crippen LogP contribution in [0.5, 0.6) is 0 Å². The molecule has 0 radical (unpaired) electrons. The van der Waals surface area contributed by atoms with Crippen molar-refractivity contribution in [2.24, 2.45) is 5.92 Å². The molecule has 0 aromatic heterocycles. The topological polar surface area (TPSA) is 160 Å². The van der Waals surface area contributed by atoms with E-state index in [-0.39, 0.29) is 12.7 Å². The lowest BCUT2D eigenvalue weighted by atomic mass is 9.94. The summed E-state index contributed by atoms with van der Waals surface area (Å²) in [7, 11) is -3.81. The summed E-state index contributed by atoms with van der Waals surface area (Å²) in [6, 6.07) is -3.03. The van der Waals surface area contributed by atoms with Crippen molar-refractivity contribution in [1.82, 2.24) is 20.3 Å². The Morgan fingerprint density at radius 2 is 1.85 bits per heavy atom. The number of alkyl carbamates (subject to hydrolysis) is 1. The van der Waals surface area contributed by atoms with Gasteiger partial charge < -0.3 is 25.0 Å². The number of sulfonamides is 1. The number of hydrogen-bond donors (Lipinski definition) is 3. The van der Waals surface area contributed by atoms with E-state index in [0.29, 0.717) is 58.1 Å². The smallest absolute Gasteiger partial charge is 0.408 e. The Morgan fingerprint density at radius 3 is 2.55 bits per heavy atom. The average Bonchev–Trinajstić information content (AvgIpc) is 3.46. The summed E-state index contributed by atoms with van der Waals surface area (Å²) in [5.41, 5.74) is 0. The zero-order valence-corrected chi connectivity index (χ0v) is 24.0. The van der Waals surface area contributed by atoms with Crippen LogP contribution in [0, 0.1) is 5.92 Å². The Kier molecular flexibility index (Phi) is 10.4. The lowest BCUT2D eigenvalue weighted by molar-refractivity contribution is -0.142. The molecule has 3 N–H and O–H groups in total. The largest absolute Gasteiger partial charge is 0.446 e. The molecule has 0 aromatic rings. The zero-order chi connectivity index (χ0) is 28.7. The lowest BCUT2D eigenvalue weighted by Gasteiger charge is -2.31. The van der Waals surface area contributed by atoms with E-state index in [2.05, 4.69) is 15.4 Å². The van der Waals surface area contributed by atoms with Gasteiger partial charge in [0, 0.05) is 19.1 Å². The van der Waals surface area contributed by atoms with Crippen molar-refractivity contribution in [3.8, 4) is 0 Å². The Morgan fingerprint density at radius 1 is 1.10 bits per heavy atom. The standard InChI is InChI=1S/C27H42N4O8S/c1-2-18-9-4-3-7-16-38-17-21(28-27(35)39-19-10-5-6-11-19)26(34)31-15-8-12-22(31)24(32)29-23(18)25(33)30-40(36,37)20-13-14-20/h4,9,18-23H,2-3,5-8,10-17H2,1H3,(H,28,35)(H,29,32)(H,30,33)/b9-4-/t18-,21-,22-,23+/m0/s1. The average molecular weight is 583 g/mol. The normalized spacial score (nSPS) is 30.0. The van der Waals surface area contributed by atoms with E-state index in [4.69, 9.17) is 9.47 Å². The highest BCUT2D eigenvalue weighted by atomic mass is 32.2. The summed E-state index contributed by atoms with van der Waals surface area (Å²) in [6.45, 7) is 2.44. The number of hydrogen-bond acceptors (Lipinski definition) is 8. The highest BCUT2D eigenvalue weighted by Crippen LogP contribution is 2.28. The third kappa shape index (κ3) is 7.96. The van der Waals surface area contributed by atoms with Gasteiger partial charge >= 0.3 is 6.09 Å². The van der Waals surface area contributed by atoms with E-state index in [0.717, 1.165) is 25.7 Å². The first kappa shape index (κ1) is 30.3. The molecule has 4 rings (SSSR count). The predicted molar refractivity (Wildman–Crippen MR) is 145 cm³/mol. The number of fused-ring (bicyclic) bond motifs is 1. The fourth-order valence-corrected chi connectivity index (χ4v) is 6.88. The minimum atomic E-state index is -3.81. The molecule has 3 fully saturated rings. The molecule has 13 heteroatoms. The van der Waals surface area contributed by atoms with Crippen LogP contribution in [-0.4, -0.2) is 86.4 Å². The highest BCUT2D eigenvalue weighted by Gasteiger charge is 2.42. The van der Waals surface area contributed by atoms with Gasteiger partial charge in [0.05, 0.1) is 11.9 Å². The molecule has 2 aliphatic heterocycles. The monoisotopic (exact) mass is 582 g/mol. The van der Waals surface area contributed by atoms with Crippen LogP contribution in [0.3, 0.4) is 0 Å². The van der Waals surface area contributed by atoms with E-state index in [1.807, 2.05) is 19.1 Å². The van der Waals surface area contributed by atoms with Gasteiger partial charge in [-0.25, -0.2) is 13.2 Å². The number of nitrogens with one attached hydrogen (secondary N) is 3. The second kappa shape index (κ2) is 13.8. The first-order chi connectivity index (χ1) is 19.2. The molecule has 12 nitrogen and oxygen atoms in total. The maximum atomic E-state index is 13.6. The van der Waals surface area contributed by atoms with Gasteiger partial charge in [-0.15, -0.1) is 0 Å². The van der Waals surface area contributed by atoms with Gasteiger partial charge in [-0.2, -0.15) is 0 Å². The molecule has 0 bridgehead atoms. The molecule has 40 heavy (non-hydrogen) atoms. The minimum Gasteiger partial charge on any atom is -0.446 e. The Hall–Kier alpha value is -2.67. The van der Waals surface area contributed by atoms with Gasteiger partial charge in [0.15, 0.2) is 0 Å². The molecule has 2 aliphatic carbocycles. The van der Waals surface area contributed by atoms with Crippen LogP contribution in [0.4, 0.5) is 4.79 Å². The quantitative estimate of drug-likeness (QED) is 0.397. The second-order valence-corrected chi connectivity index (χ2v) is 13.1. The number of carbonyl (C=O) groups is 4. The SMILES string of the molecule is CC[C@H]1/C=C\CCCOC[C@H](NC(=O)OC2CCCC2)C(=O)N2CCC[C@H]2C(=O)N[C@H]1C(=O)NS(=O)(=O)C1CC1. The summed E-state index contributed by atoms with van der Waals surface area (Å²) in [4.78, 5) is 54.4. The Balaban J connectivity index is 1.52. The summed E-state index contributed by atoms with van der Waals surface area (Å²) >= 11 is 0. The number of allylic oxidation sites excluding steroid dienone is 1. The van der Waals surface area contributed by atoms with E-state index < -0.39 is 63.1 Å². The third-order valence-corrected chi connectivity index (χ3v) is 9.85. The zero-order valence-electron chi connectivity index (χ0n) is 23.1. The van der Waals surface area contributed by atoms with Crippen molar-refractivity contribution in [1.29, 1.82) is 0 Å². The van der Waals surface area contributed by atoms with Crippen molar-refractivity contribution in [2.75, 3.05) is 19.8 Å². The van der Waals surface area contributed by atoms with Crippen molar-refractivity contribution in [3.63, 3.8) is 0 Å². The fraction of sp³-hybridized carbons (Fsp3) is 0.778. The van der Waals surface area contributed by atoms with Crippen molar-refractivity contribution in [2.45, 2.75) is 107 Å². The molecule has 2 heterocycles. The summed E-state index contributed by atoms with van der Waals surface area (Å²) < 4.78 is 38.4. The number of carbonyl (C=O) groups excluding carboxylic acids is 4. The van der Waals surface area contributed by atoms with Crippen LogP contribution in [-0.2, 0) is 33.9 Å². The first-order valence-electron chi connectivity index (χ1n) is 14.6. The summed E-state index contributed by atoms with van der Waals surface area (Å²) in [5.74, 6) is -2.23. The number of rotatable bonds is 6. The highest BCUT2D eigenvalue weighted by molar-refractivity contribution is 7.90. The molecule has 0 spiro atoms. The van der Waals surface area contributed by atoms with Gasteiger partial charge in [-0.1, -0.05) is 19.1 Å². The number of amides is 4. The first-order valence-corrected chi connectivity index (χ1v) is 16.1. The lowest BCUT2D eigenvalue weighted by Crippen LogP contribution is -2.58. The maximum absolute atomic E-state index is 13.6. The molecule has 0 unspecified atom stereocenters. The number of ether oxygens (including phenoxy) is 2. The Labute approximate surface area is 236 Å². The van der Waals surface area contributed by atoms with Gasteiger partial charge in [-0.3, -0.25) is 19.1 Å². The van der Waals surface area contributed by atoms with Gasteiger partial charge in [0.1, 0.15) is 24.2 Å². The molecule has 0 aromatic carbocycles. The van der Waals surface area contributed by atoms with Crippen molar-refractivity contribution < 1.29 is 37.1 Å². The molecular formula is C27H42N4O8S. The van der Waals surface area contributed by atoms with Crippen LogP contribution in [0.15, 0.2) is 12.2 Å².